The van der Waals surface area contributed by atoms with Gasteiger partial charge in [0.15, 0.2) is 0 Å². The molecule has 136 valence electrons. The van der Waals surface area contributed by atoms with E-state index in [0.29, 0.717) is 5.41 Å². The zero-order chi connectivity index (χ0) is 17.3. The summed E-state index contributed by atoms with van der Waals surface area (Å²) in [6, 6.07) is 6.67. The summed E-state index contributed by atoms with van der Waals surface area (Å²) in [6.45, 7) is 12.2. The fourth-order valence-corrected chi connectivity index (χ4v) is 4.30. The van der Waals surface area contributed by atoms with Gasteiger partial charge in [0.25, 0.3) is 0 Å². The Balaban J connectivity index is 1.30. The first-order valence-electron chi connectivity index (χ1n) is 9.65. The maximum absolute atomic E-state index is 4.12. The Kier molecular flexibility index (Phi) is 4.80. The zero-order valence-electron chi connectivity index (χ0n) is 15.7. The summed E-state index contributed by atoms with van der Waals surface area (Å²) in [6.07, 6.45) is 4.51. The first-order chi connectivity index (χ1) is 12.1. The van der Waals surface area contributed by atoms with Crippen molar-refractivity contribution in [2.75, 3.05) is 52.9 Å². The second-order valence-electron chi connectivity index (χ2n) is 8.46. The van der Waals surface area contributed by atoms with Crippen LogP contribution in [0, 0.1) is 5.41 Å². The third-order valence-electron chi connectivity index (χ3n) is 6.18. The Morgan fingerprint density at radius 1 is 1.04 bits per heavy atom. The van der Waals surface area contributed by atoms with Crippen LogP contribution in [0.3, 0.4) is 0 Å². The molecule has 25 heavy (non-hydrogen) atoms. The Morgan fingerprint density at radius 3 is 2.56 bits per heavy atom. The first-order valence-corrected chi connectivity index (χ1v) is 9.65. The molecule has 1 aromatic carbocycles. The van der Waals surface area contributed by atoms with Crippen LogP contribution in [0.4, 0.5) is 0 Å². The van der Waals surface area contributed by atoms with Gasteiger partial charge in [-0.2, -0.15) is 5.10 Å². The summed E-state index contributed by atoms with van der Waals surface area (Å²) in [5.41, 5.74) is 3.02. The van der Waals surface area contributed by atoms with E-state index in [4.69, 9.17) is 0 Å². The highest BCUT2D eigenvalue weighted by Crippen LogP contribution is 2.32. The quantitative estimate of drug-likeness (QED) is 0.927. The molecule has 0 atom stereocenters. The number of likely N-dealkylation sites (tertiary alicyclic amines) is 1. The van der Waals surface area contributed by atoms with Crippen LogP contribution in [0.15, 0.2) is 24.4 Å². The van der Waals surface area contributed by atoms with E-state index in [0.717, 1.165) is 12.1 Å². The van der Waals surface area contributed by atoms with Crippen LogP contribution in [-0.4, -0.2) is 77.8 Å². The minimum absolute atomic E-state index is 0.486. The van der Waals surface area contributed by atoms with E-state index < -0.39 is 0 Å². The maximum Gasteiger partial charge on any atom is 0.0653 e. The SMILES string of the molecule is CN1CCN(CC2(C)CCN(Cc3ccc4cn[nH]c4c3)CC2)CC1. The fourth-order valence-electron chi connectivity index (χ4n) is 4.30. The van der Waals surface area contributed by atoms with Gasteiger partial charge in [-0.05, 0) is 50.0 Å². The average Bonchev–Trinajstić information content (AvgIpc) is 3.07. The lowest BCUT2D eigenvalue weighted by atomic mass is 9.79. The monoisotopic (exact) mass is 341 g/mol. The predicted molar refractivity (Wildman–Crippen MR) is 103 cm³/mol. The van der Waals surface area contributed by atoms with Crippen molar-refractivity contribution in [1.29, 1.82) is 0 Å². The number of nitrogens with one attached hydrogen (secondary N) is 1. The number of H-pyrrole nitrogens is 1. The Hall–Kier alpha value is -1.43. The van der Waals surface area contributed by atoms with Gasteiger partial charge in [0.1, 0.15) is 0 Å². The molecule has 0 aliphatic carbocycles. The van der Waals surface area contributed by atoms with Crippen LogP contribution in [0.5, 0.6) is 0 Å². The van der Waals surface area contributed by atoms with Crippen LogP contribution < -0.4 is 0 Å². The highest BCUT2D eigenvalue weighted by molar-refractivity contribution is 5.78. The molecular formula is C20H31N5. The van der Waals surface area contributed by atoms with Crippen molar-refractivity contribution in [1.82, 2.24) is 24.9 Å². The molecule has 2 fully saturated rings. The van der Waals surface area contributed by atoms with Crippen LogP contribution in [0.1, 0.15) is 25.3 Å². The number of fused-ring (bicyclic) bond motifs is 1. The number of hydrogen-bond acceptors (Lipinski definition) is 4. The number of piperidine rings is 1. The molecule has 1 N–H and O–H groups in total. The van der Waals surface area contributed by atoms with Crippen LogP contribution >= 0.6 is 0 Å². The zero-order valence-corrected chi connectivity index (χ0v) is 15.7. The predicted octanol–water partition coefficient (Wildman–Crippen LogP) is 2.41. The van der Waals surface area contributed by atoms with Gasteiger partial charge in [-0.25, -0.2) is 0 Å². The normalized spacial score (nSPS) is 23.3. The lowest BCUT2D eigenvalue weighted by Gasteiger charge is -2.44. The summed E-state index contributed by atoms with van der Waals surface area (Å²) >= 11 is 0. The molecule has 0 unspecified atom stereocenters. The third-order valence-corrected chi connectivity index (χ3v) is 6.18. The number of hydrogen-bond donors (Lipinski definition) is 1. The Bertz CT molecular complexity index is 693. The molecular weight excluding hydrogens is 310 g/mol. The van der Waals surface area contributed by atoms with Gasteiger partial charge in [-0.3, -0.25) is 10.00 Å². The summed E-state index contributed by atoms with van der Waals surface area (Å²) in [7, 11) is 2.23. The number of nitrogens with zero attached hydrogens (tertiary/aromatic N) is 4. The van der Waals surface area contributed by atoms with E-state index >= 15 is 0 Å². The second-order valence-corrected chi connectivity index (χ2v) is 8.46. The molecule has 0 amide bonds. The number of aromatic nitrogens is 2. The van der Waals surface area contributed by atoms with Gasteiger partial charge in [-0.15, -0.1) is 0 Å². The lowest BCUT2D eigenvalue weighted by Crippen LogP contribution is -2.50. The molecule has 2 aliphatic heterocycles. The molecule has 0 radical (unpaired) electrons. The molecule has 0 spiro atoms. The largest absolute Gasteiger partial charge is 0.304 e. The minimum atomic E-state index is 0.486. The van der Waals surface area contributed by atoms with Crippen LogP contribution in [-0.2, 0) is 6.54 Å². The molecule has 5 nitrogen and oxygen atoms in total. The maximum atomic E-state index is 4.12. The van der Waals surface area contributed by atoms with Gasteiger partial charge in [0, 0.05) is 44.7 Å². The standard InChI is InChI=1S/C20H31N5/c1-20(16-25-11-9-23(2)10-12-25)5-7-24(8-6-20)15-17-3-4-18-14-21-22-19(18)13-17/h3-4,13-14H,5-12,15-16H2,1-2H3,(H,21,22). The van der Waals surface area contributed by atoms with E-state index in [-0.39, 0.29) is 0 Å². The van der Waals surface area contributed by atoms with Crippen molar-refractivity contribution in [3.63, 3.8) is 0 Å². The molecule has 4 rings (SSSR count). The van der Waals surface area contributed by atoms with Gasteiger partial charge in [0.05, 0.1) is 11.7 Å². The summed E-state index contributed by atoms with van der Waals surface area (Å²) in [5, 5.41) is 8.40. The molecule has 2 saturated heterocycles. The molecule has 2 aliphatic rings. The summed E-state index contributed by atoms with van der Waals surface area (Å²) < 4.78 is 0. The number of aromatic amines is 1. The second kappa shape index (κ2) is 7.06. The molecule has 2 aromatic rings. The van der Waals surface area contributed by atoms with E-state index in [1.54, 1.807) is 0 Å². The van der Waals surface area contributed by atoms with E-state index in [1.807, 2.05) is 6.20 Å². The van der Waals surface area contributed by atoms with E-state index in [1.165, 1.54) is 69.6 Å². The number of piperazine rings is 1. The topological polar surface area (TPSA) is 38.4 Å². The highest BCUT2D eigenvalue weighted by atomic mass is 15.2. The van der Waals surface area contributed by atoms with E-state index in [2.05, 4.69) is 57.1 Å². The summed E-state index contributed by atoms with van der Waals surface area (Å²) in [4.78, 5) is 7.74. The molecule has 5 heteroatoms. The van der Waals surface area contributed by atoms with Crippen LogP contribution in [0.2, 0.25) is 0 Å². The highest BCUT2D eigenvalue weighted by Gasteiger charge is 2.32. The summed E-state index contributed by atoms with van der Waals surface area (Å²) in [5.74, 6) is 0. The number of benzene rings is 1. The van der Waals surface area contributed by atoms with Crippen molar-refractivity contribution in [3.05, 3.63) is 30.0 Å². The Labute approximate surface area is 151 Å². The average molecular weight is 342 g/mol. The number of likely N-dealkylation sites (N-methyl/N-ethyl adjacent to an activating group) is 1. The number of rotatable bonds is 4. The van der Waals surface area contributed by atoms with Gasteiger partial charge in [0.2, 0.25) is 0 Å². The van der Waals surface area contributed by atoms with Gasteiger partial charge >= 0.3 is 0 Å². The molecule has 0 bridgehead atoms. The van der Waals surface area contributed by atoms with E-state index in [9.17, 15) is 0 Å². The van der Waals surface area contributed by atoms with Gasteiger partial charge < -0.3 is 9.80 Å². The van der Waals surface area contributed by atoms with Crippen LogP contribution in [0.25, 0.3) is 10.9 Å². The Morgan fingerprint density at radius 2 is 1.80 bits per heavy atom. The van der Waals surface area contributed by atoms with Crippen molar-refractivity contribution < 1.29 is 0 Å². The minimum Gasteiger partial charge on any atom is -0.304 e. The van der Waals surface area contributed by atoms with Crippen molar-refractivity contribution in [2.45, 2.75) is 26.3 Å². The molecule has 1 aromatic heterocycles. The lowest BCUT2D eigenvalue weighted by molar-refractivity contribution is 0.0518. The smallest absolute Gasteiger partial charge is 0.0653 e. The first kappa shape index (κ1) is 17.0. The van der Waals surface area contributed by atoms with Crippen molar-refractivity contribution in [3.8, 4) is 0 Å². The van der Waals surface area contributed by atoms with Crippen molar-refractivity contribution in [2.24, 2.45) is 5.41 Å². The third kappa shape index (κ3) is 4.05. The fraction of sp³-hybridized carbons (Fsp3) is 0.650. The molecule has 3 heterocycles. The van der Waals surface area contributed by atoms with Crippen molar-refractivity contribution >= 4 is 10.9 Å². The molecule has 0 saturated carbocycles. The van der Waals surface area contributed by atoms with Gasteiger partial charge in [-0.1, -0.05) is 19.1 Å².